The highest BCUT2D eigenvalue weighted by atomic mass is 16.6. The Balaban J connectivity index is 2.08. The summed E-state index contributed by atoms with van der Waals surface area (Å²) in [6.07, 6.45) is -0.758. The monoisotopic (exact) mass is 221 g/mol. The average Bonchev–Trinajstić information content (AvgIpc) is 2.58. The number of ether oxygens (including phenoxy) is 1. The van der Waals surface area contributed by atoms with Crippen molar-refractivity contribution in [3.63, 3.8) is 0 Å². The van der Waals surface area contributed by atoms with Gasteiger partial charge in [0.1, 0.15) is 6.10 Å². The average molecular weight is 221 g/mol. The fourth-order valence-corrected chi connectivity index (χ4v) is 1.84. The highest BCUT2D eigenvalue weighted by molar-refractivity contribution is 5.70. The highest BCUT2D eigenvalue weighted by Gasteiger charge is 2.37. The van der Waals surface area contributed by atoms with Crippen molar-refractivity contribution in [3.05, 3.63) is 35.9 Å². The number of nitrogens with zero attached hydrogens (tertiary/aromatic N) is 1. The molecule has 0 unspecified atom stereocenters. The molecule has 0 aliphatic carbocycles. The van der Waals surface area contributed by atoms with Gasteiger partial charge in [0, 0.05) is 6.54 Å². The smallest absolute Gasteiger partial charge is 0.410 e. The van der Waals surface area contributed by atoms with Crippen LogP contribution >= 0.6 is 0 Å². The van der Waals surface area contributed by atoms with E-state index >= 15 is 0 Å². The molecule has 4 heteroatoms. The van der Waals surface area contributed by atoms with Crippen LogP contribution in [0.15, 0.2) is 30.3 Å². The minimum absolute atomic E-state index is 0.0855. The summed E-state index contributed by atoms with van der Waals surface area (Å²) < 4.78 is 5.04. The lowest BCUT2D eigenvalue weighted by Gasteiger charge is -2.19. The van der Waals surface area contributed by atoms with Crippen molar-refractivity contribution < 1.29 is 14.6 Å². The van der Waals surface area contributed by atoms with E-state index in [0.717, 1.165) is 5.56 Å². The first-order valence-corrected chi connectivity index (χ1v) is 5.34. The van der Waals surface area contributed by atoms with Gasteiger partial charge in [0.15, 0.2) is 0 Å². The van der Waals surface area contributed by atoms with Crippen molar-refractivity contribution in [1.82, 2.24) is 4.90 Å². The minimum Gasteiger partial charge on any atom is -0.441 e. The Morgan fingerprint density at radius 1 is 1.38 bits per heavy atom. The number of amides is 1. The molecule has 4 nitrogen and oxygen atoms in total. The molecule has 86 valence electrons. The van der Waals surface area contributed by atoms with Crippen LogP contribution in [-0.4, -0.2) is 34.9 Å². The third-order valence-corrected chi connectivity index (χ3v) is 2.89. The second-order valence-corrected chi connectivity index (χ2v) is 3.96. The van der Waals surface area contributed by atoms with Crippen molar-refractivity contribution >= 4 is 6.09 Å². The van der Waals surface area contributed by atoms with E-state index in [-0.39, 0.29) is 18.7 Å². The van der Waals surface area contributed by atoms with Gasteiger partial charge < -0.3 is 9.84 Å². The van der Waals surface area contributed by atoms with Crippen LogP contribution in [0.5, 0.6) is 0 Å². The zero-order valence-electron chi connectivity index (χ0n) is 9.17. The number of benzene rings is 1. The van der Waals surface area contributed by atoms with Crippen molar-refractivity contribution in [1.29, 1.82) is 0 Å². The van der Waals surface area contributed by atoms with Crippen molar-refractivity contribution in [3.8, 4) is 0 Å². The first-order chi connectivity index (χ1) is 7.72. The van der Waals surface area contributed by atoms with Gasteiger partial charge in [-0.25, -0.2) is 4.79 Å². The molecule has 1 fully saturated rings. The molecule has 0 bridgehead atoms. The van der Waals surface area contributed by atoms with Gasteiger partial charge in [0.25, 0.3) is 0 Å². The summed E-state index contributed by atoms with van der Waals surface area (Å²) >= 11 is 0. The van der Waals surface area contributed by atoms with Gasteiger partial charge in [-0.15, -0.1) is 0 Å². The lowest BCUT2D eigenvalue weighted by atomic mass is 10.1. The Bertz CT molecular complexity index is 366. The van der Waals surface area contributed by atoms with E-state index in [4.69, 9.17) is 9.84 Å². The number of rotatable bonds is 3. The van der Waals surface area contributed by atoms with E-state index < -0.39 is 6.10 Å². The Hall–Kier alpha value is -1.55. The first kappa shape index (κ1) is 11.0. The molecule has 0 spiro atoms. The standard InChI is InChI=1S/C12H15NO3/c1-9-11(8-14)16-12(15)13(9)7-10-5-3-2-4-6-10/h2-6,9,11,14H,7-8H2,1H3/t9-,11+/m0/s1. The number of carbonyl (C=O) groups is 1. The van der Waals surface area contributed by atoms with E-state index in [9.17, 15) is 4.79 Å². The highest BCUT2D eigenvalue weighted by Crippen LogP contribution is 2.21. The molecular weight excluding hydrogens is 206 g/mol. The van der Waals surface area contributed by atoms with Gasteiger partial charge >= 0.3 is 6.09 Å². The summed E-state index contributed by atoms with van der Waals surface area (Å²) in [5.41, 5.74) is 1.06. The molecule has 2 atom stereocenters. The van der Waals surface area contributed by atoms with Gasteiger partial charge in [0.2, 0.25) is 0 Å². The first-order valence-electron chi connectivity index (χ1n) is 5.34. The zero-order chi connectivity index (χ0) is 11.5. The summed E-state index contributed by atoms with van der Waals surface area (Å²) in [6.45, 7) is 2.28. The number of aliphatic hydroxyl groups is 1. The van der Waals surface area contributed by atoms with Crippen LogP contribution in [0, 0.1) is 0 Å². The van der Waals surface area contributed by atoms with Gasteiger partial charge in [-0.05, 0) is 12.5 Å². The fourth-order valence-electron chi connectivity index (χ4n) is 1.84. The van der Waals surface area contributed by atoms with Gasteiger partial charge in [-0.3, -0.25) is 4.90 Å². The lowest BCUT2D eigenvalue weighted by Crippen LogP contribution is -2.34. The molecule has 1 heterocycles. The van der Waals surface area contributed by atoms with Crippen molar-refractivity contribution in [2.24, 2.45) is 0 Å². The van der Waals surface area contributed by atoms with Crippen LogP contribution in [-0.2, 0) is 11.3 Å². The predicted molar refractivity (Wildman–Crippen MR) is 58.8 cm³/mol. The topological polar surface area (TPSA) is 49.8 Å². The number of aliphatic hydroxyl groups excluding tert-OH is 1. The van der Waals surface area contributed by atoms with Gasteiger partial charge in [-0.2, -0.15) is 0 Å². The number of hydrogen-bond donors (Lipinski definition) is 1. The number of hydrogen-bond acceptors (Lipinski definition) is 3. The van der Waals surface area contributed by atoms with Crippen LogP contribution < -0.4 is 0 Å². The van der Waals surface area contributed by atoms with E-state index in [0.29, 0.717) is 6.54 Å². The number of carbonyl (C=O) groups excluding carboxylic acids is 1. The normalized spacial score (nSPS) is 24.6. The van der Waals surface area contributed by atoms with E-state index in [1.807, 2.05) is 37.3 Å². The Kier molecular flexibility index (Phi) is 3.10. The molecule has 1 amide bonds. The zero-order valence-corrected chi connectivity index (χ0v) is 9.17. The Labute approximate surface area is 94.4 Å². The van der Waals surface area contributed by atoms with Crippen LogP contribution in [0.3, 0.4) is 0 Å². The maximum atomic E-state index is 11.6. The van der Waals surface area contributed by atoms with E-state index in [2.05, 4.69) is 0 Å². The maximum absolute atomic E-state index is 11.6. The molecule has 16 heavy (non-hydrogen) atoms. The molecule has 1 aromatic carbocycles. The largest absolute Gasteiger partial charge is 0.441 e. The van der Waals surface area contributed by atoms with Gasteiger partial charge in [-0.1, -0.05) is 30.3 Å². The van der Waals surface area contributed by atoms with E-state index in [1.54, 1.807) is 4.90 Å². The van der Waals surface area contributed by atoms with Crippen LogP contribution in [0.2, 0.25) is 0 Å². The number of cyclic esters (lactones) is 1. The summed E-state index contributed by atoms with van der Waals surface area (Å²) in [5.74, 6) is 0. The van der Waals surface area contributed by atoms with Crippen molar-refractivity contribution in [2.75, 3.05) is 6.61 Å². The molecule has 2 rings (SSSR count). The summed E-state index contributed by atoms with van der Waals surface area (Å²) in [6, 6.07) is 9.65. The minimum atomic E-state index is -0.406. The summed E-state index contributed by atoms with van der Waals surface area (Å²) in [4.78, 5) is 13.2. The SMILES string of the molecule is C[C@H]1[C@@H](CO)OC(=O)N1Cc1ccccc1. The van der Waals surface area contributed by atoms with Crippen molar-refractivity contribution in [2.45, 2.75) is 25.6 Å². The molecule has 0 saturated carbocycles. The molecule has 1 saturated heterocycles. The molecule has 0 radical (unpaired) electrons. The fraction of sp³-hybridized carbons (Fsp3) is 0.417. The van der Waals surface area contributed by atoms with Gasteiger partial charge in [0.05, 0.1) is 12.6 Å². The maximum Gasteiger partial charge on any atom is 0.410 e. The van der Waals surface area contributed by atoms with Crippen LogP contribution in [0.4, 0.5) is 4.79 Å². The molecule has 1 aromatic rings. The second-order valence-electron chi connectivity index (χ2n) is 3.96. The lowest BCUT2D eigenvalue weighted by molar-refractivity contribution is 0.0853. The quantitative estimate of drug-likeness (QED) is 0.839. The van der Waals surface area contributed by atoms with Crippen LogP contribution in [0.1, 0.15) is 12.5 Å². The Morgan fingerprint density at radius 2 is 2.06 bits per heavy atom. The second kappa shape index (κ2) is 4.53. The third-order valence-electron chi connectivity index (χ3n) is 2.89. The summed E-state index contributed by atoms with van der Waals surface area (Å²) in [5, 5.41) is 9.03. The molecule has 1 aliphatic heterocycles. The molecule has 1 aliphatic rings. The van der Waals surface area contributed by atoms with Crippen LogP contribution in [0.25, 0.3) is 0 Å². The predicted octanol–water partition coefficient (Wildman–Crippen LogP) is 1.39. The molecule has 0 aromatic heterocycles. The summed E-state index contributed by atoms with van der Waals surface area (Å²) in [7, 11) is 0. The third kappa shape index (κ3) is 2.02. The van der Waals surface area contributed by atoms with E-state index in [1.165, 1.54) is 0 Å². The molecule has 1 N–H and O–H groups in total. The molecular formula is C12H15NO3. The Morgan fingerprint density at radius 3 is 2.62 bits per heavy atom.